The van der Waals surface area contributed by atoms with Crippen LogP contribution >= 0.6 is 24.0 Å². The van der Waals surface area contributed by atoms with Gasteiger partial charge in [0.25, 0.3) is 0 Å². The summed E-state index contributed by atoms with van der Waals surface area (Å²) < 4.78 is 10.4. The van der Waals surface area contributed by atoms with Gasteiger partial charge in [0.05, 0.1) is 0 Å². The van der Waals surface area contributed by atoms with E-state index in [1.54, 1.807) is 0 Å². The Hall–Kier alpha value is -0.770. The smallest absolute Gasteiger partial charge is 0.407 e. The number of halogens is 1. The molecule has 7 nitrogen and oxygen atoms in total. The Morgan fingerprint density at radius 3 is 2.30 bits per heavy atom. The molecule has 0 heterocycles. The number of hydrogen-bond acceptors (Lipinski definition) is 4. The molecule has 0 fully saturated rings. The Kier molecular flexibility index (Phi) is 15.8. The number of hydrogen-bond donors (Lipinski definition) is 3. The van der Waals surface area contributed by atoms with Crippen molar-refractivity contribution in [3.63, 3.8) is 0 Å². The summed E-state index contributed by atoms with van der Waals surface area (Å²) in [6.07, 6.45) is 0.480. The normalized spacial score (nSPS) is 11.4. The average Bonchev–Trinajstić information content (AvgIpc) is 2.41. The van der Waals surface area contributed by atoms with Crippen molar-refractivity contribution in [1.82, 2.24) is 16.0 Å². The second kappa shape index (κ2) is 14.8. The molecule has 0 aliphatic carbocycles. The lowest BCUT2D eigenvalue weighted by Gasteiger charge is -2.19. The van der Waals surface area contributed by atoms with Gasteiger partial charge in [-0.1, -0.05) is 0 Å². The Balaban J connectivity index is 0. The minimum Gasteiger partial charge on any atom is -0.444 e. The molecule has 0 unspecified atom stereocenters. The van der Waals surface area contributed by atoms with Gasteiger partial charge in [-0.05, 0) is 41.0 Å². The van der Waals surface area contributed by atoms with Gasteiger partial charge in [0.15, 0.2) is 5.96 Å². The molecule has 0 aromatic carbocycles. The quantitative estimate of drug-likeness (QED) is 0.220. The highest BCUT2D eigenvalue weighted by Gasteiger charge is 2.15. The number of carbonyl (C=O) groups is 1. The monoisotopic (exact) mass is 444 g/mol. The predicted octanol–water partition coefficient (Wildman–Crippen LogP) is 2.11. The molecule has 0 spiro atoms. The first-order valence-electron chi connectivity index (χ1n) is 7.95. The van der Waals surface area contributed by atoms with Crippen molar-refractivity contribution in [3.8, 4) is 0 Å². The predicted molar refractivity (Wildman–Crippen MR) is 105 cm³/mol. The lowest BCUT2D eigenvalue weighted by molar-refractivity contribution is 0.0529. The van der Waals surface area contributed by atoms with Gasteiger partial charge in [-0.15, -0.1) is 24.0 Å². The summed E-state index contributed by atoms with van der Waals surface area (Å²) in [6.45, 7) is 13.5. The third-order valence-corrected chi connectivity index (χ3v) is 2.35. The number of ether oxygens (including phenoxy) is 2. The number of guanidine groups is 1. The van der Waals surface area contributed by atoms with Crippen LogP contribution in [0.25, 0.3) is 0 Å². The van der Waals surface area contributed by atoms with Crippen LogP contribution in [0.5, 0.6) is 0 Å². The maximum absolute atomic E-state index is 11.5. The molecule has 3 N–H and O–H groups in total. The fourth-order valence-corrected chi connectivity index (χ4v) is 1.50. The highest BCUT2D eigenvalue weighted by molar-refractivity contribution is 14.0. The number of amides is 1. The Morgan fingerprint density at radius 1 is 1.09 bits per heavy atom. The van der Waals surface area contributed by atoms with Gasteiger partial charge in [-0.25, -0.2) is 4.79 Å². The minimum absolute atomic E-state index is 0. The molecule has 0 saturated heterocycles. The van der Waals surface area contributed by atoms with Crippen LogP contribution in [-0.2, 0) is 9.47 Å². The topological polar surface area (TPSA) is 84.0 Å². The van der Waals surface area contributed by atoms with Crippen LogP contribution in [0.15, 0.2) is 4.99 Å². The number of rotatable bonds is 9. The van der Waals surface area contributed by atoms with Crippen molar-refractivity contribution in [3.05, 3.63) is 0 Å². The summed E-state index contributed by atoms with van der Waals surface area (Å²) in [5, 5.41) is 9.01. The molecule has 8 heteroatoms. The molecule has 0 aliphatic rings. The second-order valence-corrected chi connectivity index (χ2v) is 5.67. The standard InChI is InChI=1S/C15H32N4O3.HI/c1-6-16-13(17-9-8-12-21-7-2)18-10-11-19-14(20)22-15(3,4)5;/h6-12H2,1-5H3,(H,19,20)(H2,16,17,18);1H. The SMILES string of the molecule is CCNC(=NCCCOCC)NCCNC(=O)OC(C)(C)C.I. The zero-order valence-corrected chi connectivity index (χ0v) is 17.4. The van der Waals surface area contributed by atoms with E-state index in [2.05, 4.69) is 20.9 Å². The Morgan fingerprint density at radius 2 is 1.74 bits per heavy atom. The van der Waals surface area contributed by atoms with Crippen molar-refractivity contribution in [2.45, 2.75) is 46.6 Å². The van der Waals surface area contributed by atoms with E-state index >= 15 is 0 Å². The number of nitrogens with one attached hydrogen (secondary N) is 3. The molecule has 1 amide bonds. The summed E-state index contributed by atoms with van der Waals surface area (Å²) in [4.78, 5) is 15.9. The van der Waals surface area contributed by atoms with Crippen LogP contribution in [-0.4, -0.2) is 57.0 Å². The molecule has 0 atom stereocenters. The lowest BCUT2D eigenvalue weighted by atomic mass is 10.2. The summed E-state index contributed by atoms with van der Waals surface area (Å²) in [6, 6.07) is 0. The average molecular weight is 444 g/mol. The van der Waals surface area contributed by atoms with Gasteiger partial charge in [0.2, 0.25) is 0 Å². The maximum Gasteiger partial charge on any atom is 0.407 e. The van der Waals surface area contributed by atoms with E-state index in [-0.39, 0.29) is 24.0 Å². The zero-order chi connectivity index (χ0) is 16.8. The molecule has 0 bridgehead atoms. The number of nitrogens with zero attached hydrogens (tertiary/aromatic N) is 1. The molecule has 0 radical (unpaired) electrons. The van der Waals surface area contributed by atoms with Crippen molar-refractivity contribution >= 4 is 36.0 Å². The van der Waals surface area contributed by atoms with Crippen LogP contribution in [0, 0.1) is 0 Å². The molecular formula is C15H33IN4O3. The third-order valence-electron chi connectivity index (χ3n) is 2.35. The van der Waals surface area contributed by atoms with Gasteiger partial charge in [-0.3, -0.25) is 4.99 Å². The first kappa shape index (κ1) is 24.5. The van der Waals surface area contributed by atoms with Crippen molar-refractivity contribution < 1.29 is 14.3 Å². The molecule has 0 saturated carbocycles. The first-order chi connectivity index (χ1) is 10.4. The number of alkyl carbamates (subject to hydrolysis) is 1. The number of aliphatic imine (C=N–C) groups is 1. The summed E-state index contributed by atoms with van der Waals surface area (Å²) in [5.74, 6) is 0.741. The van der Waals surface area contributed by atoms with E-state index in [1.807, 2.05) is 34.6 Å². The second-order valence-electron chi connectivity index (χ2n) is 5.67. The highest BCUT2D eigenvalue weighted by atomic mass is 127. The molecule has 0 aromatic heterocycles. The van der Waals surface area contributed by atoms with E-state index in [0.29, 0.717) is 19.6 Å². The summed E-state index contributed by atoms with van der Waals surface area (Å²) >= 11 is 0. The van der Waals surface area contributed by atoms with Gasteiger partial charge in [0.1, 0.15) is 5.60 Å². The van der Waals surface area contributed by atoms with E-state index < -0.39 is 11.7 Å². The van der Waals surface area contributed by atoms with Gasteiger partial charge in [-0.2, -0.15) is 0 Å². The largest absolute Gasteiger partial charge is 0.444 e. The molecule has 138 valence electrons. The Bertz CT molecular complexity index is 333. The fourth-order valence-electron chi connectivity index (χ4n) is 1.50. The fraction of sp³-hybridized carbons (Fsp3) is 0.867. The van der Waals surface area contributed by atoms with Crippen molar-refractivity contribution in [1.29, 1.82) is 0 Å². The maximum atomic E-state index is 11.5. The van der Waals surface area contributed by atoms with Crippen LogP contribution in [0.4, 0.5) is 4.79 Å². The minimum atomic E-state index is -0.478. The summed E-state index contributed by atoms with van der Waals surface area (Å²) in [5.41, 5.74) is -0.478. The van der Waals surface area contributed by atoms with E-state index in [1.165, 1.54) is 0 Å². The first-order valence-corrected chi connectivity index (χ1v) is 7.95. The molecule has 0 aromatic rings. The van der Waals surface area contributed by atoms with Crippen molar-refractivity contribution in [2.75, 3.05) is 39.4 Å². The van der Waals surface area contributed by atoms with Crippen LogP contribution in [0.2, 0.25) is 0 Å². The van der Waals surface area contributed by atoms with Crippen LogP contribution < -0.4 is 16.0 Å². The van der Waals surface area contributed by atoms with Gasteiger partial charge >= 0.3 is 6.09 Å². The molecule has 23 heavy (non-hydrogen) atoms. The van der Waals surface area contributed by atoms with Crippen LogP contribution in [0.3, 0.4) is 0 Å². The van der Waals surface area contributed by atoms with Gasteiger partial charge in [0, 0.05) is 39.4 Å². The highest BCUT2D eigenvalue weighted by Crippen LogP contribution is 2.05. The Labute approximate surface area is 157 Å². The molecular weight excluding hydrogens is 411 g/mol. The van der Waals surface area contributed by atoms with Gasteiger partial charge < -0.3 is 25.4 Å². The van der Waals surface area contributed by atoms with E-state index in [4.69, 9.17) is 9.47 Å². The lowest BCUT2D eigenvalue weighted by Crippen LogP contribution is -2.42. The van der Waals surface area contributed by atoms with Crippen LogP contribution in [0.1, 0.15) is 41.0 Å². The molecule has 0 rings (SSSR count). The van der Waals surface area contributed by atoms with Crippen molar-refractivity contribution in [2.24, 2.45) is 4.99 Å². The third kappa shape index (κ3) is 17.4. The zero-order valence-electron chi connectivity index (χ0n) is 15.0. The van der Waals surface area contributed by atoms with E-state index in [9.17, 15) is 4.79 Å². The van der Waals surface area contributed by atoms with E-state index in [0.717, 1.165) is 32.1 Å². The summed E-state index contributed by atoms with van der Waals surface area (Å²) in [7, 11) is 0. The number of carbonyl (C=O) groups excluding carboxylic acids is 1. The molecule has 0 aliphatic heterocycles.